The highest BCUT2D eigenvalue weighted by Gasteiger charge is 2.30. The normalized spacial score (nSPS) is 27.7. The van der Waals surface area contributed by atoms with Crippen molar-refractivity contribution in [1.82, 2.24) is 0 Å². The second kappa shape index (κ2) is 5.48. The number of rotatable bonds is 2. The van der Waals surface area contributed by atoms with E-state index in [1.165, 1.54) is 11.3 Å². The summed E-state index contributed by atoms with van der Waals surface area (Å²) in [4.78, 5) is 0. The third-order valence-corrected chi connectivity index (χ3v) is 6.24. The van der Waals surface area contributed by atoms with Gasteiger partial charge in [-0.15, -0.1) is 0 Å². The van der Waals surface area contributed by atoms with Crippen molar-refractivity contribution in [3.05, 3.63) is 35.4 Å². The monoisotopic (exact) mass is 254 g/mol. The van der Waals surface area contributed by atoms with Gasteiger partial charge in [0.25, 0.3) is 0 Å². The lowest BCUT2D eigenvalue weighted by Gasteiger charge is -2.32. The van der Waals surface area contributed by atoms with Gasteiger partial charge in [-0.3, -0.25) is 0 Å². The van der Waals surface area contributed by atoms with Crippen molar-refractivity contribution in [3.63, 3.8) is 0 Å². The topological polar surface area (TPSA) is 20.2 Å². The molecule has 1 saturated heterocycles. The summed E-state index contributed by atoms with van der Waals surface area (Å²) in [6, 6.07) is 8.16. The van der Waals surface area contributed by atoms with Crippen LogP contribution in [0.25, 0.3) is 0 Å². The van der Waals surface area contributed by atoms with E-state index in [-0.39, 0.29) is 6.10 Å². The van der Waals surface area contributed by atoms with E-state index in [0.717, 1.165) is 11.3 Å². The lowest BCUT2D eigenvalue weighted by atomic mass is 10.00. The molecule has 3 heteroatoms. The number of aryl methyl sites for hydroxylation is 1. The molecule has 1 aliphatic heterocycles. The maximum atomic E-state index is 10.5. The summed E-state index contributed by atoms with van der Waals surface area (Å²) in [5.41, 5.74) is 2.28. The summed E-state index contributed by atoms with van der Waals surface area (Å²) in [6.07, 6.45) is -0.325. The van der Waals surface area contributed by atoms with Crippen LogP contribution in [0.15, 0.2) is 24.3 Å². The first-order chi connectivity index (χ1) is 7.70. The molecule has 1 nitrogen and oxygen atoms in total. The quantitative estimate of drug-likeness (QED) is 0.875. The summed E-state index contributed by atoms with van der Waals surface area (Å²) in [6.45, 7) is 4.30. The van der Waals surface area contributed by atoms with Crippen molar-refractivity contribution in [3.8, 4) is 0 Å². The Labute approximate surface area is 106 Å². The number of thioether (sulfide) groups is 2. The minimum Gasteiger partial charge on any atom is -0.387 e. The first-order valence-corrected chi connectivity index (χ1v) is 7.76. The van der Waals surface area contributed by atoms with Crippen LogP contribution in [0, 0.1) is 6.92 Å². The Bertz CT molecular complexity index is 354. The van der Waals surface area contributed by atoms with Crippen LogP contribution in [0.1, 0.15) is 24.2 Å². The molecule has 1 heterocycles. The number of hydrogen-bond acceptors (Lipinski definition) is 3. The number of benzene rings is 1. The molecule has 1 aromatic rings. The van der Waals surface area contributed by atoms with Crippen molar-refractivity contribution in [1.29, 1.82) is 0 Å². The Hall–Kier alpha value is -0.120. The molecule has 1 N–H and O–H groups in total. The molecule has 0 radical (unpaired) electrons. The van der Waals surface area contributed by atoms with Crippen LogP contribution in [0.4, 0.5) is 0 Å². The zero-order valence-corrected chi connectivity index (χ0v) is 11.4. The fourth-order valence-electron chi connectivity index (χ4n) is 2.09. The van der Waals surface area contributed by atoms with E-state index < -0.39 is 0 Å². The molecule has 0 spiro atoms. The lowest BCUT2D eigenvalue weighted by molar-refractivity contribution is 0.173. The molecule has 2 rings (SSSR count). The van der Waals surface area contributed by atoms with E-state index in [2.05, 4.69) is 19.9 Å². The van der Waals surface area contributed by atoms with E-state index in [0.29, 0.717) is 10.5 Å². The largest absolute Gasteiger partial charge is 0.387 e. The van der Waals surface area contributed by atoms with E-state index in [4.69, 9.17) is 0 Å². The van der Waals surface area contributed by atoms with Crippen molar-refractivity contribution in [2.45, 2.75) is 30.5 Å². The first kappa shape index (κ1) is 12.3. The van der Waals surface area contributed by atoms with Crippen LogP contribution in [-0.2, 0) is 0 Å². The first-order valence-electron chi connectivity index (χ1n) is 5.67. The van der Waals surface area contributed by atoms with Gasteiger partial charge in [0.2, 0.25) is 0 Å². The predicted molar refractivity (Wildman–Crippen MR) is 74.3 cm³/mol. The van der Waals surface area contributed by atoms with E-state index in [1.54, 1.807) is 0 Å². The fourth-order valence-corrected chi connectivity index (χ4v) is 4.92. The summed E-state index contributed by atoms with van der Waals surface area (Å²) >= 11 is 3.89. The molecule has 0 amide bonds. The molecule has 16 heavy (non-hydrogen) atoms. The number of aliphatic hydroxyl groups excluding tert-OH is 1. The Kier molecular flexibility index (Phi) is 4.22. The van der Waals surface area contributed by atoms with Crippen molar-refractivity contribution in [2.24, 2.45) is 0 Å². The molecular formula is C13H18OS2. The molecule has 0 aromatic heterocycles. The van der Waals surface area contributed by atoms with Gasteiger partial charge in [-0.1, -0.05) is 31.2 Å². The standard InChI is InChI=1S/C13H18OS2/c1-9-5-3-4-6-11(9)12(14)13-10(2)15-7-8-16-13/h3-6,10,12-14H,7-8H2,1-2H3. The maximum Gasteiger partial charge on any atom is 0.0921 e. The van der Waals surface area contributed by atoms with E-state index >= 15 is 0 Å². The van der Waals surface area contributed by atoms with Gasteiger partial charge >= 0.3 is 0 Å². The highest BCUT2D eigenvalue weighted by atomic mass is 32.2. The zero-order chi connectivity index (χ0) is 11.5. The second-order valence-corrected chi connectivity index (χ2v) is 6.98. The predicted octanol–water partition coefficient (Wildman–Crippen LogP) is 3.27. The average Bonchev–Trinajstić information content (AvgIpc) is 2.29. The van der Waals surface area contributed by atoms with Crippen molar-refractivity contribution in [2.75, 3.05) is 11.5 Å². The zero-order valence-electron chi connectivity index (χ0n) is 9.72. The van der Waals surface area contributed by atoms with Gasteiger partial charge in [0.05, 0.1) is 6.10 Å². The van der Waals surface area contributed by atoms with Gasteiger partial charge < -0.3 is 5.11 Å². The third-order valence-electron chi connectivity index (χ3n) is 3.06. The summed E-state index contributed by atoms with van der Waals surface area (Å²) in [5.74, 6) is 2.37. The minimum atomic E-state index is -0.325. The highest BCUT2D eigenvalue weighted by Crippen LogP contribution is 2.39. The maximum absolute atomic E-state index is 10.5. The van der Waals surface area contributed by atoms with Crippen LogP contribution in [0.2, 0.25) is 0 Å². The Morgan fingerprint density at radius 3 is 2.62 bits per heavy atom. The third kappa shape index (κ3) is 2.58. The van der Waals surface area contributed by atoms with Gasteiger partial charge in [-0.05, 0) is 18.1 Å². The molecule has 0 bridgehead atoms. The molecule has 88 valence electrons. The molecule has 0 saturated carbocycles. The van der Waals surface area contributed by atoms with Gasteiger partial charge in [-0.2, -0.15) is 23.5 Å². The smallest absolute Gasteiger partial charge is 0.0921 e. The van der Waals surface area contributed by atoms with Crippen LogP contribution < -0.4 is 0 Å². The highest BCUT2D eigenvalue weighted by molar-refractivity contribution is 8.07. The van der Waals surface area contributed by atoms with Crippen molar-refractivity contribution >= 4 is 23.5 Å². The molecule has 0 aliphatic carbocycles. The minimum absolute atomic E-state index is 0.325. The van der Waals surface area contributed by atoms with E-state index in [1.807, 2.05) is 41.7 Å². The van der Waals surface area contributed by atoms with Gasteiger partial charge in [0, 0.05) is 22.0 Å². The van der Waals surface area contributed by atoms with Gasteiger partial charge in [0.15, 0.2) is 0 Å². The van der Waals surface area contributed by atoms with Crippen LogP contribution in [0.3, 0.4) is 0 Å². The van der Waals surface area contributed by atoms with Gasteiger partial charge in [-0.25, -0.2) is 0 Å². The molecule has 1 aromatic carbocycles. The fraction of sp³-hybridized carbons (Fsp3) is 0.538. The Morgan fingerprint density at radius 2 is 1.94 bits per heavy atom. The molecule has 1 aliphatic rings. The Morgan fingerprint density at radius 1 is 1.25 bits per heavy atom. The average molecular weight is 254 g/mol. The molecule has 3 atom stereocenters. The summed E-state index contributed by atoms with van der Waals surface area (Å²) in [7, 11) is 0. The summed E-state index contributed by atoms with van der Waals surface area (Å²) in [5, 5.41) is 11.3. The van der Waals surface area contributed by atoms with Crippen LogP contribution in [0.5, 0.6) is 0 Å². The van der Waals surface area contributed by atoms with E-state index in [9.17, 15) is 5.11 Å². The second-order valence-electron chi connectivity index (χ2n) is 4.21. The van der Waals surface area contributed by atoms with Crippen LogP contribution in [-0.4, -0.2) is 27.1 Å². The molecular weight excluding hydrogens is 236 g/mol. The van der Waals surface area contributed by atoms with Crippen molar-refractivity contribution < 1.29 is 5.11 Å². The molecule has 1 fully saturated rings. The van der Waals surface area contributed by atoms with Gasteiger partial charge in [0.1, 0.15) is 0 Å². The number of hydrogen-bond donors (Lipinski definition) is 1. The lowest BCUT2D eigenvalue weighted by Crippen LogP contribution is -2.29. The number of aliphatic hydroxyl groups is 1. The Balaban J connectivity index is 2.17. The summed E-state index contributed by atoms with van der Waals surface area (Å²) < 4.78 is 0. The molecule has 3 unspecified atom stereocenters. The van der Waals surface area contributed by atoms with Crippen LogP contribution >= 0.6 is 23.5 Å². The SMILES string of the molecule is Cc1ccccc1C(O)C1SCCSC1C.